The molecule has 3 nitrogen and oxygen atoms in total. The van der Waals surface area contributed by atoms with Gasteiger partial charge in [-0.3, -0.25) is 0 Å². The number of rotatable bonds is 5. The maximum atomic E-state index is 5.82. The van der Waals surface area contributed by atoms with Gasteiger partial charge in [-0.05, 0) is 59.0 Å². The van der Waals surface area contributed by atoms with E-state index >= 15 is 0 Å². The van der Waals surface area contributed by atoms with Crippen LogP contribution in [0.4, 0.5) is 11.4 Å². The van der Waals surface area contributed by atoms with Crippen LogP contribution >= 0.6 is 0 Å². The monoisotopic (exact) mass is 350 g/mol. The summed E-state index contributed by atoms with van der Waals surface area (Å²) >= 11 is 0. The smallest absolute Gasteiger partial charge is 0.119 e. The Morgan fingerprint density at radius 2 is 1.19 bits per heavy atom. The molecule has 3 aromatic rings. The van der Waals surface area contributed by atoms with E-state index in [4.69, 9.17) is 16.2 Å². The van der Waals surface area contributed by atoms with Gasteiger partial charge in [0, 0.05) is 11.4 Å². The van der Waals surface area contributed by atoms with E-state index in [0.717, 1.165) is 17.7 Å². The lowest BCUT2D eigenvalue weighted by atomic mass is 10.0. The molecule has 138 valence electrons. The summed E-state index contributed by atoms with van der Waals surface area (Å²) in [6.45, 7) is 2.61. The molecule has 0 aliphatic carbocycles. The first-order valence-corrected chi connectivity index (χ1v) is 8.11. The number of aryl methyl sites for hydroxylation is 1. The Morgan fingerprint density at radius 3 is 1.69 bits per heavy atom. The largest absolute Gasteiger partial charge is 0.489 e. The van der Waals surface area contributed by atoms with Gasteiger partial charge in [-0.1, -0.05) is 58.2 Å². The zero-order valence-corrected chi connectivity index (χ0v) is 13.8. The van der Waals surface area contributed by atoms with Crippen molar-refractivity contribution >= 4 is 11.4 Å². The van der Waals surface area contributed by atoms with E-state index in [1.54, 1.807) is 6.07 Å². The summed E-state index contributed by atoms with van der Waals surface area (Å²) in [6, 6.07) is 22.3. The van der Waals surface area contributed by atoms with Gasteiger partial charge in [0.2, 0.25) is 0 Å². The number of ether oxygens (including phenoxy) is 1. The van der Waals surface area contributed by atoms with E-state index in [9.17, 15) is 0 Å². The molecule has 3 aromatic carbocycles. The minimum Gasteiger partial charge on any atom is -0.489 e. The van der Waals surface area contributed by atoms with Crippen LogP contribution in [0.3, 0.4) is 0 Å². The average molecular weight is 351 g/mol. The zero-order valence-electron chi connectivity index (χ0n) is 13.8. The molecule has 0 fully saturated rings. The van der Waals surface area contributed by atoms with Gasteiger partial charge in [-0.15, -0.1) is 0 Å². The van der Waals surface area contributed by atoms with Crippen molar-refractivity contribution < 1.29 is 4.74 Å². The Balaban J connectivity index is 0.00000169. The predicted molar refractivity (Wildman–Crippen MR) is 114 cm³/mol. The second kappa shape index (κ2) is 9.52. The highest BCUT2D eigenvalue weighted by molar-refractivity contribution is 5.64. The average Bonchev–Trinajstić information content (AvgIpc) is 2.60. The Kier molecular flexibility index (Phi) is 7.73. The molecule has 0 aromatic heterocycles. The van der Waals surface area contributed by atoms with Crippen molar-refractivity contribution in [2.24, 2.45) is 0 Å². The highest BCUT2D eigenvalue weighted by Crippen LogP contribution is 2.24. The van der Waals surface area contributed by atoms with Crippen molar-refractivity contribution in [2.45, 2.75) is 34.8 Å². The first-order valence-electron chi connectivity index (χ1n) is 8.11. The van der Waals surface area contributed by atoms with Gasteiger partial charge >= 0.3 is 0 Å². The molecule has 3 rings (SSSR count). The lowest BCUT2D eigenvalue weighted by Crippen LogP contribution is -1.98. The van der Waals surface area contributed by atoms with Crippen molar-refractivity contribution in [1.29, 1.82) is 0 Å². The van der Waals surface area contributed by atoms with E-state index in [2.05, 4.69) is 43.3 Å². The van der Waals surface area contributed by atoms with Gasteiger partial charge < -0.3 is 16.2 Å². The molecule has 0 radical (unpaired) electrons. The number of hydrogen-bond acceptors (Lipinski definition) is 3. The van der Waals surface area contributed by atoms with Crippen molar-refractivity contribution in [2.75, 3.05) is 11.5 Å². The highest BCUT2D eigenvalue weighted by Gasteiger charge is 2.01. The molecular formula is C23H30N2O. The minimum absolute atomic E-state index is 0. The Labute approximate surface area is 157 Å². The Hall–Kier alpha value is -2.94. The molecule has 0 saturated carbocycles. The number of nitrogen functional groups attached to an aromatic ring is 2. The molecule has 0 unspecified atom stereocenters. The quantitative estimate of drug-likeness (QED) is 0.560. The first kappa shape index (κ1) is 21.1. The third-order valence-electron chi connectivity index (χ3n) is 3.99. The second-order valence-corrected chi connectivity index (χ2v) is 5.87. The van der Waals surface area contributed by atoms with E-state index in [-0.39, 0.29) is 14.9 Å². The molecule has 4 N–H and O–H groups in total. The molecule has 26 heavy (non-hydrogen) atoms. The van der Waals surface area contributed by atoms with Gasteiger partial charge in [0.25, 0.3) is 0 Å². The Bertz CT molecular complexity index is 788. The van der Waals surface area contributed by atoms with Gasteiger partial charge in [-0.25, -0.2) is 0 Å². The number of benzene rings is 3. The lowest BCUT2D eigenvalue weighted by Gasteiger charge is -2.09. The molecule has 0 atom stereocenters. The summed E-state index contributed by atoms with van der Waals surface area (Å²) in [7, 11) is 0. The second-order valence-electron chi connectivity index (χ2n) is 5.87. The van der Waals surface area contributed by atoms with Crippen LogP contribution in [0, 0.1) is 0 Å². The molecule has 3 heteroatoms. The fraction of sp³-hybridized carbons (Fsp3) is 0.217. The standard InChI is InChI=1S/C21H22N2O.2CH4/c1-2-15-3-5-17(6-4-15)18-7-9-21(10-8-18)24-14-16-11-19(22)13-20(23)12-16;;/h3-13H,2,14,22-23H2,1H3;2*1H4. The topological polar surface area (TPSA) is 61.3 Å². The van der Waals surface area contributed by atoms with Gasteiger partial charge in [0.1, 0.15) is 12.4 Å². The third kappa shape index (κ3) is 5.28. The number of hydrogen-bond donors (Lipinski definition) is 2. The molecule has 0 aliphatic heterocycles. The zero-order chi connectivity index (χ0) is 16.9. The number of anilines is 2. The van der Waals surface area contributed by atoms with Crippen LogP contribution in [0.1, 0.15) is 32.9 Å². The van der Waals surface area contributed by atoms with Crippen molar-refractivity contribution in [3.63, 3.8) is 0 Å². The van der Waals surface area contributed by atoms with E-state index in [1.807, 2.05) is 24.3 Å². The summed E-state index contributed by atoms with van der Waals surface area (Å²) in [4.78, 5) is 0. The summed E-state index contributed by atoms with van der Waals surface area (Å²) in [5, 5.41) is 0. The molecular weight excluding hydrogens is 320 g/mol. The van der Waals surface area contributed by atoms with Gasteiger partial charge in [0.05, 0.1) is 0 Å². The van der Waals surface area contributed by atoms with Crippen LogP contribution in [0.15, 0.2) is 66.7 Å². The van der Waals surface area contributed by atoms with E-state index in [1.165, 1.54) is 16.7 Å². The first-order chi connectivity index (χ1) is 11.6. The van der Waals surface area contributed by atoms with Crippen molar-refractivity contribution in [3.8, 4) is 16.9 Å². The number of nitrogens with two attached hydrogens (primary N) is 2. The summed E-state index contributed by atoms with van der Waals surface area (Å²) in [6.07, 6.45) is 1.06. The fourth-order valence-corrected chi connectivity index (χ4v) is 2.67. The third-order valence-corrected chi connectivity index (χ3v) is 3.99. The molecule has 0 bridgehead atoms. The molecule has 0 spiro atoms. The van der Waals surface area contributed by atoms with Crippen molar-refractivity contribution in [1.82, 2.24) is 0 Å². The molecule has 0 amide bonds. The van der Waals surface area contributed by atoms with Crippen LogP contribution in [0.25, 0.3) is 11.1 Å². The molecule has 0 aliphatic rings. The van der Waals surface area contributed by atoms with E-state index in [0.29, 0.717) is 18.0 Å². The van der Waals surface area contributed by atoms with Crippen molar-refractivity contribution in [3.05, 3.63) is 77.9 Å². The highest BCUT2D eigenvalue weighted by atomic mass is 16.5. The predicted octanol–water partition coefficient (Wildman–Crippen LogP) is 5.93. The summed E-state index contributed by atoms with van der Waals surface area (Å²) in [5.74, 6) is 0.824. The molecule has 0 heterocycles. The van der Waals surface area contributed by atoms with Crippen LogP contribution in [-0.4, -0.2) is 0 Å². The van der Waals surface area contributed by atoms with E-state index < -0.39 is 0 Å². The maximum absolute atomic E-state index is 5.82. The van der Waals surface area contributed by atoms with Gasteiger partial charge in [0.15, 0.2) is 0 Å². The van der Waals surface area contributed by atoms with Crippen LogP contribution in [0.2, 0.25) is 0 Å². The normalized spacial score (nSPS) is 9.73. The van der Waals surface area contributed by atoms with Crippen LogP contribution in [-0.2, 0) is 13.0 Å². The summed E-state index contributed by atoms with van der Waals surface area (Å²) in [5.41, 5.74) is 17.6. The maximum Gasteiger partial charge on any atom is 0.119 e. The summed E-state index contributed by atoms with van der Waals surface area (Å²) < 4.78 is 5.82. The SMILES string of the molecule is C.C.CCc1ccc(-c2ccc(OCc3cc(N)cc(N)c3)cc2)cc1. The Morgan fingerprint density at radius 1 is 0.692 bits per heavy atom. The minimum atomic E-state index is 0. The lowest BCUT2D eigenvalue weighted by molar-refractivity contribution is 0.306. The molecule has 0 saturated heterocycles. The fourth-order valence-electron chi connectivity index (χ4n) is 2.67. The van der Waals surface area contributed by atoms with Crippen LogP contribution < -0.4 is 16.2 Å². The van der Waals surface area contributed by atoms with Gasteiger partial charge in [-0.2, -0.15) is 0 Å². The van der Waals surface area contributed by atoms with Crippen LogP contribution in [0.5, 0.6) is 5.75 Å².